The molecule has 0 spiro atoms. The predicted molar refractivity (Wildman–Crippen MR) is 91.4 cm³/mol. The number of carbonyl (C=O) groups excluding carboxylic acids is 3. The van der Waals surface area contributed by atoms with Crippen LogP contribution in [-0.4, -0.2) is 30.4 Å². The molecule has 0 saturated heterocycles. The van der Waals surface area contributed by atoms with Gasteiger partial charge in [0.2, 0.25) is 0 Å². The Hall–Kier alpha value is -1.79. The molecule has 1 amide bonds. The van der Waals surface area contributed by atoms with Crippen molar-refractivity contribution in [3.8, 4) is 0 Å². The van der Waals surface area contributed by atoms with Crippen molar-refractivity contribution in [1.82, 2.24) is 0 Å². The van der Waals surface area contributed by atoms with Crippen LogP contribution in [0, 0.1) is 11.3 Å². The van der Waals surface area contributed by atoms with Crippen LogP contribution < -0.4 is 5.73 Å². The molecule has 1 saturated carbocycles. The van der Waals surface area contributed by atoms with E-state index in [1.165, 1.54) is 0 Å². The lowest BCUT2D eigenvalue weighted by Gasteiger charge is -2.37. The van der Waals surface area contributed by atoms with Crippen LogP contribution in [0.3, 0.4) is 0 Å². The number of hydrogen-bond donors (Lipinski definition) is 1. The molecule has 0 aromatic carbocycles. The smallest absolute Gasteiger partial charge is 0.407 e. The average Bonchev–Trinajstić information content (AvgIpc) is 2.46. The van der Waals surface area contributed by atoms with E-state index in [0.29, 0.717) is 0 Å². The highest BCUT2D eigenvalue weighted by Gasteiger charge is 2.45. The lowest BCUT2D eigenvalue weighted by molar-refractivity contribution is -0.227. The summed E-state index contributed by atoms with van der Waals surface area (Å²) in [5.74, 6) is -2.69. The largest absolute Gasteiger partial charge is 0.466 e. The first-order valence-corrected chi connectivity index (χ1v) is 8.95. The van der Waals surface area contributed by atoms with Gasteiger partial charge in [-0.25, -0.2) is 4.79 Å². The van der Waals surface area contributed by atoms with Crippen LogP contribution >= 0.6 is 0 Å². The standard InChI is InChI=1S/C18H31NO6/c1-5-23-14(20)12-18(25-16(19)22,24-15(21)17(2,3)4)11-13-9-7-6-8-10-13/h13H,5-12H2,1-4H3,(H2,19,22). The number of rotatable bonds is 7. The second kappa shape index (κ2) is 9.06. The van der Waals surface area contributed by atoms with E-state index < -0.39 is 29.2 Å². The molecular weight excluding hydrogens is 326 g/mol. The zero-order chi connectivity index (χ0) is 19.1. The second-order valence-electron chi connectivity index (χ2n) is 7.66. The summed E-state index contributed by atoms with van der Waals surface area (Å²) in [5.41, 5.74) is 4.40. The summed E-state index contributed by atoms with van der Waals surface area (Å²) in [5, 5.41) is 0. The quantitative estimate of drug-likeness (QED) is 0.554. The molecule has 1 atom stereocenters. The molecule has 0 aliphatic heterocycles. The molecular formula is C18H31NO6. The van der Waals surface area contributed by atoms with Crippen LogP contribution in [0.25, 0.3) is 0 Å². The maximum atomic E-state index is 12.4. The number of carbonyl (C=O) groups is 3. The lowest BCUT2D eigenvalue weighted by atomic mass is 9.83. The Labute approximate surface area is 149 Å². The van der Waals surface area contributed by atoms with Crippen molar-refractivity contribution < 1.29 is 28.6 Å². The van der Waals surface area contributed by atoms with Gasteiger partial charge in [-0.15, -0.1) is 0 Å². The van der Waals surface area contributed by atoms with Crippen LogP contribution in [-0.2, 0) is 23.8 Å². The monoisotopic (exact) mass is 357 g/mol. The van der Waals surface area contributed by atoms with Gasteiger partial charge in [0.1, 0.15) is 6.42 Å². The summed E-state index contributed by atoms with van der Waals surface area (Å²) >= 11 is 0. The minimum absolute atomic E-state index is 0.183. The Morgan fingerprint density at radius 1 is 1.04 bits per heavy atom. The van der Waals surface area contributed by atoms with Gasteiger partial charge in [0, 0.05) is 6.42 Å². The van der Waals surface area contributed by atoms with E-state index in [2.05, 4.69) is 0 Å². The van der Waals surface area contributed by atoms with Crippen molar-refractivity contribution in [3.05, 3.63) is 0 Å². The number of amides is 1. The van der Waals surface area contributed by atoms with Crippen molar-refractivity contribution in [2.24, 2.45) is 17.1 Å². The van der Waals surface area contributed by atoms with E-state index in [-0.39, 0.29) is 25.4 Å². The summed E-state index contributed by atoms with van der Waals surface area (Å²) in [6.45, 7) is 6.93. The summed E-state index contributed by atoms with van der Waals surface area (Å²) in [6, 6.07) is 0. The molecule has 1 fully saturated rings. The number of ether oxygens (including phenoxy) is 3. The normalized spacial score (nSPS) is 18.1. The second-order valence-corrected chi connectivity index (χ2v) is 7.66. The Morgan fingerprint density at radius 2 is 1.64 bits per heavy atom. The fraction of sp³-hybridized carbons (Fsp3) is 0.833. The molecule has 25 heavy (non-hydrogen) atoms. The Morgan fingerprint density at radius 3 is 2.12 bits per heavy atom. The third-order valence-electron chi connectivity index (χ3n) is 4.22. The molecule has 1 unspecified atom stereocenters. The Balaban J connectivity index is 3.08. The van der Waals surface area contributed by atoms with E-state index in [1.807, 2.05) is 0 Å². The highest BCUT2D eigenvalue weighted by atomic mass is 16.7. The highest BCUT2D eigenvalue weighted by Crippen LogP contribution is 2.36. The molecule has 2 N–H and O–H groups in total. The average molecular weight is 357 g/mol. The van der Waals surface area contributed by atoms with Gasteiger partial charge in [-0.3, -0.25) is 9.59 Å². The van der Waals surface area contributed by atoms with Crippen molar-refractivity contribution in [1.29, 1.82) is 0 Å². The van der Waals surface area contributed by atoms with Gasteiger partial charge >= 0.3 is 18.0 Å². The molecule has 0 heterocycles. The molecule has 1 aliphatic carbocycles. The molecule has 0 aromatic heterocycles. The van der Waals surface area contributed by atoms with Gasteiger partial charge in [0.25, 0.3) is 5.79 Å². The van der Waals surface area contributed by atoms with Crippen LogP contribution in [0.5, 0.6) is 0 Å². The fourth-order valence-electron chi connectivity index (χ4n) is 3.02. The molecule has 7 nitrogen and oxygen atoms in total. The third kappa shape index (κ3) is 7.32. The number of hydrogen-bond acceptors (Lipinski definition) is 6. The van der Waals surface area contributed by atoms with E-state index in [9.17, 15) is 14.4 Å². The summed E-state index contributed by atoms with van der Waals surface area (Å²) in [4.78, 5) is 36.0. The Bertz CT molecular complexity index is 478. The molecule has 1 aliphatic rings. The predicted octanol–water partition coefficient (Wildman–Crippen LogP) is 3.29. The summed E-state index contributed by atoms with van der Waals surface area (Å²) < 4.78 is 15.8. The SMILES string of the molecule is CCOC(=O)CC(CC1CCCCC1)(OC(N)=O)OC(=O)C(C)(C)C. The van der Waals surface area contributed by atoms with E-state index in [0.717, 1.165) is 32.1 Å². The molecule has 0 aromatic rings. The molecule has 1 rings (SSSR count). The van der Waals surface area contributed by atoms with Crippen LogP contribution in [0.2, 0.25) is 0 Å². The number of esters is 2. The van der Waals surface area contributed by atoms with Gasteiger partial charge in [-0.1, -0.05) is 32.1 Å². The van der Waals surface area contributed by atoms with Crippen LogP contribution in [0.1, 0.15) is 72.6 Å². The van der Waals surface area contributed by atoms with Crippen molar-refractivity contribution in [2.75, 3.05) is 6.61 Å². The number of primary amides is 1. The first-order chi connectivity index (χ1) is 11.6. The number of nitrogens with two attached hydrogens (primary N) is 1. The van der Waals surface area contributed by atoms with E-state index in [4.69, 9.17) is 19.9 Å². The van der Waals surface area contributed by atoms with Gasteiger partial charge in [0.05, 0.1) is 12.0 Å². The van der Waals surface area contributed by atoms with Gasteiger partial charge < -0.3 is 19.9 Å². The zero-order valence-corrected chi connectivity index (χ0v) is 15.8. The van der Waals surface area contributed by atoms with Crippen molar-refractivity contribution in [2.45, 2.75) is 78.4 Å². The molecule has 7 heteroatoms. The summed E-state index contributed by atoms with van der Waals surface area (Å²) in [7, 11) is 0. The minimum Gasteiger partial charge on any atom is -0.466 e. The van der Waals surface area contributed by atoms with Gasteiger partial charge in [-0.2, -0.15) is 0 Å². The minimum atomic E-state index is -1.72. The lowest BCUT2D eigenvalue weighted by Crippen LogP contribution is -2.47. The first-order valence-electron chi connectivity index (χ1n) is 8.95. The zero-order valence-electron chi connectivity index (χ0n) is 15.8. The summed E-state index contributed by atoms with van der Waals surface area (Å²) in [6.07, 6.45) is 3.94. The van der Waals surface area contributed by atoms with Crippen molar-refractivity contribution in [3.63, 3.8) is 0 Å². The first kappa shape index (κ1) is 21.3. The maximum absolute atomic E-state index is 12.4. The van der Waals surface area contributed by atoms with Gasteiger partial charge in [0.15, 0.2) is 0 Å². The van der Waals surface area contributed by atoms with E-state index in [1.54, 1.807) is 27.7 Å². The molecule has 0 bridgehead atoms. The highest BCUT2D eigenvalue weighted by molar-refractivity contribution is 5.77. The topological polar surface area (TPSA) is 105 Å². The fourth-order valence-corrected chi connectivity index (χ4v) is 3.02. The van der Waals surface area contributed by atoms with Gasteiger partial charge in [-0.05, 0) is 33.6 Å². The Kier molecular flexibility index (Phi) is 7.70. The van der Waals surface area contributed by atoms with Crippen molar-refractivity contribution >= 4 is 18.0 Å². The maximum Gasteiger partial charge on any atom is 0.407 e. The molecule has 0 radical (unpaired) electrons. The third-order valence-corrected chi connectivity index (χ3v) is 4.22. The van der Waals surface area contributed by atoms with Crippen LogP contribution in [0.15, 0.2) is 0 Å². The molecule has 144 valence electrons. The van der Waals surface area contributed by atoms with E-state index >= 15 is 0 Å². The van der Waals surface area contributed by atoms with Crippen LogP contribution in [0.4, 0.5) is 4.79 Å².